The molecule has 0 rings (SSSR count). The van der Waals surface area contributed by atoms with Gasteiger partial charge in [0.1, 0.15) is 0 Å². The molecule has 0 saturated carbocycles. The van der Waals surface area contributed by atoms with Crippen LogP contribution >= 0.6 is 0 Å². The van der Waals surface area contributed by atoms with E-state index in [0.29, 0.717) is 0 Å². The Labute approximate surface area is 100.0 Å². The molecule has 0 fully saturated rings. The minimum absolute atomic E-state index is 0. The third kappa shape index (κ3) is 58.9. The van der Waals surface area contributed by atoms with Gasteiger partial charge in [0.2, 0.25) is 0 Å². The van der Waals surface area contributed by atoms with Crippen molar-refractivity contribution in [3.63, 3.8) is 0 Å². The summed E-state index contributed by atoms with van der Waals surface area (Å²) in [7, 11) is -5.61. The first-order chi connectivity index (χ1) is 2.00. The van der Waals surface area contributed by atoms with E-state index in [-0.39, 0.29) is 73.8 Å². The maximum absolute atomic E-state index is 8.58. The van der Waals surface area contributed by atoms with Gasteiger partial charge in [0, 0.05) is 0 Å². The summed E-state index contributed by atoms with van der Waals surface area (Å²) in [6.07, 6.45) is 0. The second-order valence-electron chi connectivity index (χ2n) is 0.500. The Morgan fingerprint density at radius 3 is 0.857 bits per heavy atom. The molecular weight excluding hydrogens is 224 g/mol. The SMILES string of the molecule is [K+].[Nb+5].[O-][Si]([O-])([O-])[O-]. The fourth-order valence-corrected chi connectivity index (χ4v) is 0. The first kappa shape index (κ1) is 16.2. The molecule has 0 unspecified atom stereocenters. The van der Waals surface area contributed by atoms with Crippen molar-refractivity contribution in [1.82, 2.24) is 0 Å². The first-order valence-electron chi connectivity index (χ1n) is 0.816. The average molecular weight is 224 g/mol. The number of rotatable bonds is 0. The molecule has 0 atom stereocenters. The predicted molar refractivity (Wildman–Crippen MR) is 5.75 cm³/mol. The largest absolute Gasteiger partial charge is 5.00 e. The van der Waals surface area contributed by atoms with E-state index >= 15 is 0 Å². The molecule has 0 spiro atoms. The van der Waals surface area contributed by atoms with Crippen LogP contribution in [-0.2, 0) is 22.4 Å². The Hall–Kier alpha value is 2.43. The van der Waals surface area contributed by atoms with Crippen LogP contribution in [0.2, 0.25) is 0 Å². The molecule has 0 saturated heterocycles. The molecule has 0 N–H and O–H groups in total. The van der Waals surface area contributed by atoms with E-state index < -0.39 is 9.05 Å². The summed E-state index contributed by atoms with van der Waals surface area (Å²) in [5, 5.41) is 0. The van der Waals surface area contributed by atoms with Crippen molar-refractivity contribution < 1.29 is 92.9 Å². The molecule has 32 valence electrons. The minimum atomic E-state index is -5.61. The Morgan fingerprint density at radius 1 is 0.857 bits per heavy atom. The van der Waals surface area contributed by atoms with Crippen LogP contribution in [0.1, 0.15) is 0 Å². The van der Waals surface area contributed by atoms with Gasteiger partial charge in [-0.2, -0.15) is 0 Å². The summed E-state index contributed by atoms with van der Waals surface area (Å²) in [6.45, 7) is 0. The molecule has 7 heteroatoms. The topological polar surface area (TPSA) is 92.2 Å². The van der Waals surface area contributed by atoms with Gasteiger partial charge >= 0.3 is 73.8 Å². The second kappa shape index (κ2) is 6.55. The molecule has 0 aromatic carbocycles. The van der Waals surface area contributed by atoms with Gasteiger partial charge in [-0.3, -0.25) is 0 Å². The molecule has 0 heterocycles. The van der Waals surface area contributed by atoms with Crippen molar-refractivity contribution in [2.24, 2.45) is 0 Å². The van der Waals surface area contributed by atoms with Crippen LogP contribution in [0.3, 0.4) is 0 Å². The van der Waals surface area contributed by atoms with Gasteiger partial charge < -0.3 is 28.2 Å². The molecule has 0 aromatic heterocycles. The van der Waals surface area contributed by atoms with Crippen LogP contribution < -0.4 is 70.6 Å². The maximum atomic E-state index is 8.58. The molecular formula is KNbO4Si+2. The molecule has 0 aliphatic heterocycles. The number of hydrogen-bond donors (Lipinski definition) is 0. The van der Waals surface area contributed by atoms with E-state index in [2.05, 4.69) is 0 Å². The molecule has 0 radical (unpaired) electrons. The first-order valence-corrected chi connectivity index (χ1v) is 2.45. The van der Waals surface area contributed by atoms with Crippen LogP contribution in [-0.4, -0.2) is 9.05 Å². The van der Waals surface area contributed by atoms with Crippen molar-refractivity contribution in [2.45, 2.75) is 0 Å². The molecule has 0 aliphatic carbocycles. The summed E-state index contributed by atoms with van der Waals surface area (Å²) in [6, 6.07) is 0. The minimum Gasteiger partial charge on any atom is -0.894 e. The number of hydrogen-bond acceptors (Lipinski definition) is 4. The Balaban J connectivity index is -0.0000000800. The predicted octanol–water partition coefficient (Wildman–Crippen LogP) is -8.14. The summed E-state index contributed by atoms with van der Waals surface area (Å²) in [5.74, 6) is 0. The van der Waals surface area contributed by atoms with E-state index in [0.717, 1.165) is 0 Å². The van der Waals surface area contributed by atoms with Gasteiger partial charge in [0.25, 0.3) is 0 Å². The molecule has 0 aromatic rings. The molecule has 0 amide bonds. The van der Waals surface area contributed by atoms with Gasteiger partial charge in [0.05, 0.1) is 0 Å². The van der Waals surface area contributed by atoms with Crippen molar-refractivity contribution >= 4 is 9.05 Å². The summed E-state index contributed by atoms with van der Waals surface area (Å²) in [4.78, 5) is 34.3. The van der Waals surface area contributed by atoms with Crippen molar-refractivity contribution in [1.29, 1.82) is 0 Å². The fourth-order valence-electron chi connectivity index (χ4n) is 0. The second-order valence-corrected chi connectivity index (χ2v) is 1.50. The quantitative estimate of drug-likeness (QED) is 0.382. The maximum Gasteiger partial charge on any atom is 5.00 e. The third-order valence-electron chi connectivity index (χ3n) is 0. The van der Waals surface area contributed by atoms with Crippen LogP contribution in [0.25, 0.3) is 0 Å². The van der Waals surface area contributed by atoms with Gasteiger partial charge in [0.15, 0.2) is 0 Å². The van der Waals surface area contributed by atoms with Crippen LogP contribution in [0.4, 0.5) is 0 Å². The van der Waals surface area contributed by atoms with Crippen molar-refractivity contribution in [2.75, 3.05) is 0 Å². The van der Waals surface area contributed by atoms with E-state index in [1.165, 1.54) is 0 Å². The van der Waals surface area contributed by atoms with Gasteiger partial charge in [-0.15, -0.1) is 0 Å². The zero-order valence-electron chi connectivity index (χ0n) is 3.58. The third-order valence-corrected chi connectivity index (χ3v) is 0. The van der Waals surface area contributed by atoms with Crippen molar-refractivity contribution in [3.05, 3.63) is 0 Å². The molecule has 0 aliphatic rings. The summed E-state index contributed by atoms with van der Waals surface area (Å²) in [5.41, 5.74) is 0. The average Bonchev–Trinajstić information content (AvgIpc) is 0.722. The van der Waals surface area contributed by atoms with Crippen LogP contribution in [0, 0.1) is 0 Å². The van der Waals surface area contributed by atoms with E-state index in [9.17, 15) is 0 Å². The van der Waals surface area contributed by atoms with Crippen molar-refractivity contribution in [3.8, 4) is 0 Å². The van der Waals surface area contributed by atoms with E-state index in [4.69, 9.17) is 19.2 Å². The molecule has 0 bridgehead atoms. The van der Waals surface area contributed by atoms with Gasteiger partial charge in [-0.05, 0) is 0 Å². The standard InChI is InChI=1S/K.Nb.O4Si/c;;1-5(2,3)4/q+1;+5;-4. The van der Waals surface area contributed by atoms with Gasteiger partial charge in [-0.1, -0.05) is 0 Å². The normalized spacial score (nSPS) is 8.57. The van der Waals surface area contributed by atoms with Crippen LogP contribution in [0.5, 0.6) is 0 Å². The summed E-state index contributed by atoms with van der Waals surface area (Å²) >= 11 is 0. The molecule has 7 heavy (non-hydrogen) atoms. The van der Waals surface area contributed by atoms with Crippen LogP contribution in [0.15, 0.2) is 0 Å². The van der Waals surface area contributed by atoms with Gasteiger partial charge in [-0.25, -0.2) is 0 Å². The smallest absolute Gasteiger partial charge is 0.894 e. The zero-order chi connectivity index (χ0) is 4.50. The van der Waals surface area contributed by atoms with E-state index in [1.54, 1.807) is 0 Å². The Bertz CT molecular complexity index is 27.2. The fraction of sp³-hybridized carbons (Fsp3) is 0. The Morgan fingerprint density at radius 2 is 0.857 bits per heavy atom. The zero-order valence-corrected chi connectivity index (χ0v) is 9.90. The molecule has 4 nitrogen and oxygen atoms in total. The Kier molecular flexibility index (Phi) is 15.2. The summed E-state index contributed by atoms with van der Waals surface area (Å²) < 4.78 is 0. The monoisotopic (exact) mass is 224 g/mol. The van der Waals surface area contributed by atoms with E-state index in [1.807, 2.05) is 0 Å².